The number of nitrogens with zero attached hydrogens (tertiary/aromatic N) is 2. The van der Waals surface area contributed by atoms with E-state index in [4.69, 9.17) is 5.73 Å². The Morgan fingerprint density at radius 3 is 2.75 bits per heavy atom. The molecule has 2 N–H and O–H groups in total. The number of nitro groups is 1. The van der Waals surface area contributed by atoms with E-state index in [1.807, 2.05) is 0 Å². The lowest BCUT2D eigenvalue weighted by molar-refractivity contribution is -0.431. The summed E-state index contributed by atoms with van der Waals surface area (Å²) in [6, 6.07) is 0. The van der Waals surface area contributed by atoms with E-state index in [2.05, 4.69) is 4.99 Å². The van der Waals surface area contributed by atoms with Crippen LogP contribution in [-0.4, -0.2) is 22.6 Å². The summed E-state index contributed by atoms with van der Waals surface area (Å²) < 4.78 is 0. The fraction of sp³-hybridized carbons (Fsp3) is 0.333. The van der Waals surface area contributed by atoms with Gasteiger partial charge in [-0.25, -0.2) is 0 Å². The maximum atomic E-state index is 10.8. The third-order valence-electron chi connectivity index (χ3n) is 1.74. The third-order valence-corrected chi connectivity index (χ3v) is 1.74. The molecule has 12 heavy (non-hydrogen) atoms. The van der Waals surface area contributed by atoms with Gasteiger partial charge < -0.3 is 5.73 Å². The van der Waals surface area contributed by atoms with Crippen molar-refractivity contribution in [1.29, 1.82) is 0 Å². The number of carbonyl (C=O) groups excluding carboxylic acids is 1. The zero-order valence-corrected chi connectivity index (χ0v) is 6.35. The first-order valence-corrected chi connectivity index (χ1v) is 3.19. The Labute approximate surface area is 67.9 Å². The predicted molar refractivity (Wildman–Crippen MR) is 41.2 cm³/mol. The summed E-state index contributed by atoms with van der Waals surface area (Å²) >= 11 is 0. The van der Waals surface area contributed by atoms with Gasteiger partial charge in [-0.1, -0.05) is 0 Å². The van der Waals surface area contributed by atoms with Crippen molar-refractivity contribution in [1.82, 2.24) is 0 Å². The van der Waals surface area contributed by atoms with E-state index in [0.29, 0.717) is 0 Å². The molecule has 0 aromatic rings. The Balaban J connectivity index is 3.09. The molecule has 0 aliphatic carbocycles. The van der Waals surface area contributed by atoms with Crippen LogP contribution in [0.1, 0.15) is 6.92 Å². The van der Waals surface area contributed by atoms with Crippen molar-refractivity contribution in [3.8, 4) is 0 Å². The highest BCUT2D eigenvalue weighted by Crippen LogP contribution is 2.24. The van der Waals surface area contributed by atoms with Crippen molar-refractivity contribution < 1.29 is 9.72 Å². The number of primary amides is 1. The van der Waals surface area contributed by atoms with Gasteiger partial charge in [-0.2, -0.15) is 0 Å². The predicted octanol–water partition coefficient (Wildman–Crippen LogP) is -0.525. The first-order valence-electron chi connectivity index (χ1n) is 3.19. The van der Waals surface area contributed by atoms with Crippen LogP contribution in [0.2, 0.25) is 0 Å². The number of hydrogen-bond donors (Lipinski definition) is 1. The van der Waals surface area contributed by atoms with Crippen LogP contribution in [0.25, 0.3) is 0 Å². The lowest BCUT2D eigenvalue weighted by atomic mass is 10.0. The Bertz CT molecular complexity index is 307. The number of amides is 1. The monoisotopic (exact) mass is 169 g/mol. The Kier molecular flexibility index (Phi) is 1.68. The summed E-state index contributed by atoms with van der Waals surface area (Å²) in [5.74, 6) is -0.820. The molecule has 1 atom stereocenters. The zero-order chi connectivity index (χ0) is 9.35. The van der Waals surface area contributed by atoms with Crippen molar-refractivity contribution in [2.75, 3.05) is 0 Å². The normalized spacial score (nSPS) is 26.9. The molecule has 64 valence electrons. The maximum Gasteiger partial charge on any atom is 0.284 e. The second kappa shape index (κ2) is 2.40. The summed E-state index contributed by atoms with van der Waals surface area (Å²) in [4.78, 5) is 24.2. The van der Waals surface area contributed by atoms with E-state index in [9.17, 15) is 14.9 Å². The Hall–Kier alpha value is -1.72. The van der Waals surface area contributed by atoms with E-state index in [1.165, 1.54) is 19.2 Å². The quantitative estimate of drug-likeness (QED) is 0.444. The second-order valence-electron chi connectivity index (χ2n) is 2.52. The number of aliphatic imine (C=N–C) groups is 1. The summed E-state index contributed by atoms with van der Waals surface area (Å²) in [6.45, 7) is 1.31. The first-order chi connectivity index (χ1) is 5.48. The molecule has 0 spiro atoms. The molecular weight excluding hydrogens is 162 g/mol. The average Bonchev–Trinajstić information content (AvgIpc) is 2.32. The number of carbonyl (C=O) groups is 1. The van der Waals surface area contributed by atoms with Crippen LogP contribution in [0.5, 0.6) is 0 Å². The van der Waals surface area contributed by atoms with Crippen LogP contribution in [-0.2, 0) is 4.79 Å². The van der Waals surface area contributed by atoms with E-state index >= 15 is 0 Å². The molecule has 1 amide bonds. The zero-order valence-electron chi connectivity index (χ0n) is 6.35. The fourth-order valence-electron chi connectivity index (χ4n) is 0.914. The highest BCUT2D eigenvalue weighted by molar-refractivity contribution is 5.94. The lowest BCUT2D eigenvalue weighted by Gasteiger charge is -2.13. The average molecular weight is 169 g/mol. The molecule has 0 saturated heterocycles. The lowest BCUT2D eigenvalue weighted by Crippen LogP contribution is -2.41. The van der Waals surface area contributed by atoms with Crippen molar-refractivity contribution >= 4 is 12.1 Å². The Morgan fingerprint density at radius 1 is 1.83 bits per heavy atom. The molecule has 1 aliphatic rings. The van der Waals surface area contributed by atoms with Gasteiger partial charge in [0.05, 0.1) is 4.92 Å². The molecule has 0 radical (unpaired) electrons. The third kappa shape index (κ3) is 0.969. The highest BCUT2D eigenvalue weighted by atomic mass is 16.6. The molecular formula is C6H7N3O3. The summed E-state index contributed by atoms with van der Waals surface area (Å²) in [6.07, 6.45) is 2.38. The molecule has 6 nitrogen and oxygen atoms in total. The van der Waals surface area contributed by atoms with E-state index in [1.54, 1.807) is 0 Å². The second-order valence-corrected chi connectivity index (χ2v) is 2.52. The van der Waals surface area contributed by atoms with Gasteiger partial charge in [-0.05, 0) is 6.92 Å². The summed E-state index contributed by atoms with van der Waals surface area (Å²) in [7, 11) is 0. The van der Waals surface area contributed by atoms with Gasteiger partial charge in [0.25, 0.3) is 11.6 Å². The molecule has 0 aromatic carbocycles. The maximum absolute atomic E-state index is 10.8. The minimum absolute atomic E-state index is 0.282. The summed E-state index contributed by atoms with van der Waals surface area (Å²) in [5.41, 5.74) is 3.18. The van der Waals surface area contributed by atoms with Gasteiger partial charge in [0, 0.05) is 12.3 Å². The molecule has 1 heterocycles. The van der Waals surface area contributed by atoms with Crippen LogP contribution in [0.3, 0.4) is 0 Å². The summed E-state index contributed by atoms with van der Waals surface area (Å²) in [5, 5.41) is 10.4. The van der Waals surface area contributed by atoms with Crippen LogP contribution < -0.4 is 5.73 Å². The Morgan fingerprint density at radius 2 is 2.42 bits per heavy atom. The van der Waals surface area contributed by atoms with Crippen molar-refractivity contribution in [2.45, 2.75) is 12.5 Å². The van der Waals surface area contributed by atoms with Crippen LogP contribution in [0.15, 0.2) is 16.8 Å². The number of allylic oxidation sites excluding steroid dienone is 1. The van der Waals surface area contributed by atoms with E-state index in [-0.39, 0.29) is 5.70 Å². The fourth-order valence-corrected chi connectivity index (χ4v) is 0.914. The minimum atomic E-state index is -1.50. The molecule has 6 heteroatoms. The van der Waals surface area contributed by atoms with Crippen molar-refractivity contribution in [3.05, 3.63) is 21.9 Å². The highest BCUT2D eigenvalue weighted by Gasteiger charge is 2.45. The number of hydrogen-bond acceptors (Lipinski definition) is 4. The topological polar surface area (TPSA) is 98.6 Å². The first kappa shape index (κ1) is 8.38. The number of rotatable bonds is 2. The molecule has 0 fully saturated rings. The van der Waals surface area contributed by atoms with Crippen molar-refractivity contribution in [2.24, 2.45) is 10.7 Å². The van der Waals surface area contributed by atoms with Gasteiger partial charge in [0.1, 0.15) is 0 Å². The molecule has 1 unspecified atom stereocenters. The smallest absolute Gasteiger partial charge is 0.284 e. The molecule has 0 saturated carbocycles. The van der Waals surface area contributed by atoms with E-state index < -0.39 is 16.4 Å². The number of nitrogens with two attached hydrogens (primary N) is 1. The van der Waals surface area contributed by atoms with Gasteiger partial charge >= 0.3 is 0 Å². The van der Waals surface area contributed by atoms with E-state index in [0.717, 1.165) is 0 Å². The largest absolute Gasteiger partial charge is 0.367 e. The SMILES string of the molecule is CC1(C(N)=O)N=CC=C1[N+](=O)[O-]. The molecule has 1 rings (SSSR count). The van der Waals surface area contributed by atoms with Gasteiger partial charge in [-0.3, -0.25) is 19.9 Å². The van der Waals surface area contributed by atoms with Gasteiger partial charge in [-0.15, -0.1) is 0 Å². The standard InChI is InChI=1S/C6H7N3O3/c1-6(5(7)10)4(9(11)12)2-3-8-6/h2-3H,1H3,(H2,7,10). The van der Waals surface area contributed by atoms with Gasteiger partial charge in [0.15, 0.2) is 0 Å². The molecule has 0 aromatic heterocycles. The van der Waals surface area contributed by atoms with Crippen LogP contribution >= 0.6 is 0 Å². The van der Waals surface area contributed by atoms with Gasteiger partial charge in [0.2, 0.25) is 5.54 Å². The van der Waals surface area contributed by atoms with Crippen LogP contribution in [0.4, 0.5) is 0 Å². The molecule has 1 aliphatic heterocycles. The molecule has 0 bridgehead atoms. The van der Waals surface area contributed by atoms with Crippen LogP contribution in [0, 0.1) is 10.1 Å². The van der Waals surface area contributed by atoms with Crippen molar-refractivity contribution in [3.63, 3.8) is 0 Å². The minimum Gasteiger partial charge on any atom is -0.367 e.